The van der Waals surface area contributed by atoms with Gasteiger partial charge in [0.2, 0.25) is 0 Å². The van der Waals surface area contributed by atoms with Gasteiger partial charge in [-0.2, -0.15) is 0 Å². The van der Waals surface area contributed by atoms with E-state index >= 15 is 0 Å². The molecule has 2 rings (SSSR count). The molecule has 0 amide bonds. The summed E-state index contributed by atoms with van der Waals surface area (Å²) in [6, 6.07) is 0. The Balaban J connectivity index is 2.31. The normalized spacial score (nSPS) is 20.1. The molecule has 92 valence electrons. The van der Waals surface area contributed by atoms with E-state index in [1.807, 2.05) is 0 Å². The maximum absolute atomic E-state index is 2.44. The molecule has 0 saturated carbocycles. The lowest BCUT2D eigenvalue weighted by Gasteiger charge is -2.35. The largest absolute Gasteiger partial charge is 0.0839 e. The lowest BCUT2D eigenvalue weighted by Crippen LogP contribution is -2.22. The van der Waals surface area contributed by atoms with Crippen molar-refractivity contribution >= 4 is 0 Å². The molecule has 2 aliphatic carbocycles. The Morgan fingerprint density at radius 3 is 1.82 bits per heavy atom. The highest BCUT2D eigenvalue weighted by atomic mass is 14.3. The molecular formula is C17H24. The Kier molecular flexibility index (Phi) is 4.04. The van der Waals surface area contributed by atoms with Gasteiger partial charge in [0.05, 0.1) is 0 Å². The van der Waals surface area contributed by atoms with Gasteiger partial charge >= 0.3 is 0 Å². The third-order valence-electron chi connectivity index (χ3n) is 4.01. The summed E-state index contributed by atoms with van der Waals surface area (Å²) in [5, 5.41) is 0. The summed E-state index contributed by atoms with van der Waals surface area (Å²) in [7, 11) is 0. The van der Waals surface area contributed by atoms with E-state index in [2.05, 4.69) is 50.3 Å². The van der Waals surface area contributed by atoms with Gasteiger partial charge in [0, 0.05) is 5.41 Å². The third-order valence-corrected chi connectivity index (χ3v) is 4.01. The van der Waals surface area contributed by atoms with Crippen LogP contribution in [0.5, 0.6) is 0 Å². The van der Waals surface area contributed by atoms with E-state index in [4.69, 9.17) is 0 Å². The molecule has 0 aromatic heterocycles. The molecule has 0 aromatic carbocycles. The predicted molar refractivity (Wildman–Crippen MR) is 75.9 cm³/mol. The summed E-state index contributed by atoms with van der Waals surface area (Å²) < 4.78 is 0. The standard InChI is InChI=1S/C17H24/c1-3-14-17(2,15-10-6-4-7-11-15)16-12-8-5-9-13-16/h6,8,10-13H,3-5,7,9,14H2,1-2H3. The molecule has 0 N–H and O–H groups in total. The van der Waals surface area contributed by atoms with E-state index in [0.717, 1.165) is 0 Å². The van der Waals surface area contributed by atoms with Crippen molar-refractivity contribution in [2.24, 2.45) is 5.41 Å². The molecule has 0 saturated heterocycles. The van der Waals surface area contributed by atoms with Gasteiger partial charge in [-0.3, -0.25) is 0 Å². The van der Waals surface area contributed by atoms with Gasteiger partial charge in [-0.25, -0.2) is 0 Å². The van der Waals surface area contributed by atoms with E-state index in [1.165, 1.54) is 49.7 Å². The monoisotopic (exact) mass is 228 g/mol. The van der Waals surface area contributed by atoms with Crippen molar-refractivity contribution in [2.75, 3.05) is 0 Å². The number of rotatable bonds is 4. The highest BCUT2D eigenvalue weighted by Gasteiger charge is 2.30. The maximum atomic E-state index is 2.44. The SMILES string of the molecule is CCCC(C)(C1=CCCC=C1)C1=CCCC=C1. The second kappa shape index (κ2) is 5.53. The molecule has 0 fully saturated rings. The zero-order valence-electron chi connectivity index (χ0n) is 11.2. The summed E-state index contributed by atoms with van der Waals surface area (Å²) >= 11 is 0. The molecule has 0 atom stereocenters. The molecule has 0 spiro atoms. The highest BCUT2D eigenvalue weighted by molar-refractivity contribution is 5.42. The molecule has 0 unspecified atom stereocenters. The van der Waals surface area contributed by atoms with Crippen LogP contribution in [-0.4, -0.2) is 0 Å². The zero-order chi connectivity index (χ0) is 12.1. The van der Waals surface area contributed by atoms with Crippen LogP contribution in [-0.2, 0) is 0 Å². The van der Waals surface area contributed by atoms with Crippen LogP contribution in [0.2, 0.25) is 0 Å². The van der Waals surface area contributed by atoms with Gasteiger partial charge in [0.15, 0.2) is 0 Å². The Labute approximate surface area is 106 Å². The topological polar surface area (TPSA) is 0 Å². The van der Waals surface area contributed by atoms with E-state index in [9.17, 15) is 0 Å². The first-order valence-corrected chi connectivity index (χ1v) is 7.02. The second-order valence-corrected chi connectivity index (χ2v) is 5.36. The lowest BCUT2D eigenvalue weighted by atomic mass is 9.69. The lowest BCUT2D eigenvalue weighted by molar-refractivity contribution is 0.445. The molecule has 0 heterocycles. The van der Waals surface area contributed by atoms with E-state index in [1.54, 1.807) is 0 Å². The number of hydrogen-bond acceptors (Lipinski definition) is 0. The molecular weight excluding hydrogens is 204 g/mol. The molecule has 0 nitrogen and oxygen atoms in total. The minimum absolute atomic E-state index is 0.239. The number of allylic oxidation sites excluding steroid dienone is 8. The molecule has 0 bridgehead atoms. The van der Waals surface area contributed by atoms with Crippen LogP contribution in [0.4, 0.5) is 0 Å². The van der Waals surface area contributed by atoms with Crippen LogP contribution in [0.1, 0.15) is 52.4 Å². The van der Waals surface area contributed by atoms with E-state index < -0.39 is 0 Å². The first-order chi connectivity index (χ1) is 8.27. The molecule has 17 heavy (non-hydrogen) atoms. The molecule has 0 heteroatoms. The van der Waals surface area contributed by atoms with Crippen LogP contribution in [0, 0.1) is 5.41 Å². The van der Waals surface area contributed by atoms with Crippen molar-refractivity contribution < 1.29 is 0 Å². The predicted octanol–water partition coefficient (Wildman–Crippen LogP) is 5.35. The minimum Gasteiger partial charge on any atom is -0.0839 e. The van der Waals surface area contributed by atoms with Crippen LogP contribution in [0.15, 0.2) is 47.6 Å². The third kappa shape index (κ3) is 2.62. The average Bonchev–Trinajstić information content (AvgIpc) is 2.41. The molecule has 0 aromatic rings. The Bertz CT molecular complexity index is 345. The van der Waals surface area contributed by atoms with Gasteiger partial charge in [0.1, 0.15) is 0 Å². The van der Waals surface area contributed by atoms with Crippen molar-refractivity contribution in [3.63, 3.8) is 0 Å². The second-order valence-electron chi connectivity index (χ2n) is 5.36. The Morgan fingerprint density at radius 2 is 1.47 bits per heavy atom. The van der Waals surface area contributed by atoms with Gasteiger partial charge in [0.25, 0.3) is 0 Å². The van der Waals surface area contributed by atoms with Crippen molar-refractivity contribution in [3.05, 3.63) is 47.6 Å². The fourth-order valence-electron chi connectivity index (χ4n) is 3.00. The zero-order valence-corrected chi connectivity index (χ0v) is 11.2. The van der Waals surface area contributed by atoms with Crippen LogP contribution >= 0.6 is 0 Å². The van der Waals surface area contributed by atoms with Crippen LogP contribution in [0.25, 0.3) is 0 Å². The van der Waals surface area contributed by atoms with Crippen LogP contribution < -0.4 is 0 Å². The van der Waals surface area contributed by atoms with Crippen molar-refractivity contribution in [1.82, 2.24) is 0 Å². The average molecular weight is 228 g/mol. The van der Waals surface area contributed by atoms with Gasteiger partial charge in [-0.15, -0.1) is 0 Å². The van der Waals surface area contributed by atoms with Gasteiger partial charge < -0.3 is 0 Å². The smallest absolute Gasteiger partial charge is 0.0168 e. The molecule has 0 aliphatic heterocycles. The fourth-order valence-corrected chi connectivity index (χ4v) is 3.00. The first kappa shape index (κ1) is 12.4. The Hall–Kier alpha value is -1.04. The maximum Gasteiger partial charge on any atom is 0.0168 e. The molecule has 2 aliphatic rings. The quantitative estimate of drug-likeness (QED) is 0.609. The van der Waals surface area contributed by atoms with Crippen LogP contribution in [0.3, 0.4) is 0 Å². The fraction of sp³-hybridized carbons (Fsp3) is 0.529. The highest BCUT2D eigenvalue weighted by Crippen LogP contribution is 2.43. The summed E-state index contributed by atoms with van der Waals surface area (Å²) in [4.78, 5) is 0. The van der Waals surface area contributed by atoms with E-state index in [0.29, 0.717) is 0 Å². The van der Waals surface area contributed by atoms with Crippen molar-refractivity contribution in [3.8, 4) is 0 Å². The summed E-state index contributed by atoms with van der Waals surface area (Å²) in [6.45, 7) is 4.71. The van der Waals surface area contributed by atoms with Gasteiger partial charge in [-0.1, -0.05) is 56.7 Å². The van der Waals surface area contributed by atoms with Crippen molar-refractivity contribution in [2.45, 2.75) is 52.4 Å². The molecule has 0 radical (unpaired) electrons. The van der Waals surface area contributed by atoms with Gasteiger partial charge in [-0.05, 0) is 43.3 Å². The summed E-state index contributed by atoms with van der Waals surface area (Å²) in [5.74, 6) is 0. The summed E-state index contributed by atoms with van der Waals surface area (Å²) in [6.07, 6.45) is 21.6. The number of hydrogen-bond donors (Lipinski definition) is 0. The van der Waals surface area contributed by atoms with E-state index in [-0.39, 0.29) is 5.41 Å². The Morgan fingerprint density at radius 1 is 0.941 bits per heavy atom. The van der Waals surface area contributed by atoms with Crippen molar-refractivity contribution in [1.29, 1.82) is 0 Å². The first-order valence-electron chi connectivity index (χ1n) is 7.02. The minimum atomic E-state index is 0.239. The summed E-state index contributed by atoms with van der Waals surface area (Å²) in [5.41, 5.74) is 3.30.